The molecule has 0 radical (unpaired) electrons. The number of hydrogen-bond donors (Lipinski definition) is 0. The van der Waals surface area contributed by atoms with E-state index in [4.69, 9.17) is 11.6 Å². The van der Waals surface area contributed by atoms with Crippen LogP contribution in [-0.4, -0.2) is 34.3 Å². The summed E-state index contributed by atoms with van der Waals surface area (Å²) in [6.07, 6.45) is 4.28. The van der Waals surface area contributed by atoms with Gasteiger partial charge in [0.2, 0.25) is 0 Å². The lowest BCUT2D eigenvalue weighted by atomic mass is 9.91. The van der Waals surface area contributed by atoms with Gasteiger partial charge in [0.15, 0.2) is 0 Å². The maximum Gasteiger partial charge on any atom is 0.272 e. The van der Waals surface area contributed by atoms with Gasteiger partial charge in [0.1, 0.15) is 5.69 Å². The molecular weight excluding hydrogens is 248 g/mol. The van der Waals surface area contributed by atoms with Gasteiger partial charge in [-0.15, -0.1) is 11.6 Å². The summed E-state index contributed by atoms with van der Waals surface area (Å²) >= 11 is 5.73. The Balaban J connectivity index is 2.11. The molecule has 1 heterocycles. The molecule has 0 bridgehead atoms. The van der Waals surface area contributed by atoms with E-state index in [0.29, 0.717) is 17.6 Å². The van der Waals surface area contributed by atoms with E-state index in [1.54, 1.807) is 6.07 Å². The molecule has 0 atom stereocenters. The fourth-order valence-electron chi connectivity index (χ4n) is 2.19. The second kappa shape index (κ2) is 6.19. The molecule has 2 rings (SSSR count). The van der Waals surface area contributed by atoms with Gasteiger partial charge >= 0.3 is 0 Å². The second-order valence-corrected chi connectivity index (χ2v) is 5.17. The number of halogens is 1. The molecule has 0 aliphatic heterocycles. The van der Waals surface area contributed by atoms with Crippen LogP contribution in [0.25, 0.3) is 0 Å². The van der Waals surface area contributed by atoms with Crippen molar-refractivity contribution in [3.63, 3.8) is 0 Å². The Hall–Kier alpha value is -1.09. The molecule has 0 saturated heterocycles. The molecular formula is C14H19ClN2O. The number of aryl methyl sites for hydroxylation is 1. The van der Waals surface area contributed by atoms with Crippen LogP contribution in [0.15, 0.2) is 18.2 Å². The molecule has 0 aromatic carbocycles. The number of hydrogen-bond acceptors (Lipinski definition) is 2. The minimum atomic E-state index is 0.0496. The SMILES string of the molecule is Cc1cccc(C(=O)N(CCCCl)C2CCC2)n1. The van der Waals surface area contributed by atoms with Gasteiger partial charge in [0, 0.05) is 24.2 Å². The van der Waals surface area contributed by atoms with E-state index in [0.717, 1.165) is 31.5 Å². The van der Waals surface area contributed by atoms with Crippen LogP contribution in [0.5, 0.6) is 0 Å². The molecule has 1 fully saturated rings. The number of aromatic nitrogens is 1. The van der Waals surface area contributed by atoms with Crippen molar-refractivity contribution in [3.8, 4) is 0 Å². The van der Waals surface area contributed by atoms with Crippen molar-refractivity contribution in [3.05, 3.63) is 29.6 Å². The number of amides is 1. The predicted octanol–water partition coefficient (Wildman–Crippen LogP) is 3.01. The van der Waals surface area contributed by atoms with Crippen molar-refractivity contribution in [1.82, 2.24) is 9.88 Å². The van der Waals surface area contributed by atoms with Gasteiger partial charge in [-0.1, -0.05) is 6.07 Å². The normalized spacial score (nSPS) is 15.2. The van der Waals surface area contributed by atoms with Gasteiger partial charge in [-0.2, -0.15) is 0 Å². The maximum absolute atomic E-state index is 12.5. The largest absolute Gasteiger partial charge is 0.334 e. The van der Waals surface area contributed by atoms with Gasteiger partial charge in [-0.3, -0.25) is 4.79 Å². The molecule has 98 valence electrons. The number of pyridine rings is 1. The number of carbonyl (C=O) groups excluding carboxylic acids is 1. The summed E-state index contributed by atoms with van der Waals surface area (Å²) in [4.78, 5) is 18.7. The van der Waals surface area contributed by atoms with E-state index in [1.807, 2.05) is 24.0 Å². The van der Waals surface area contributed by atoms with Crippen molar-refractivity contribution in [2.24, 2.45) is 0 Å². The fraction of sp³-hybridized carbons (Fsp3) is 0.571. The minimum absolute atomic E-state index is 0.0496. The predicted molar refractivity (Wildman–Crippen MR) is 73.0 cm³/mol. The lowest BCUT2D eigenvalue weighted by Gasteiger charge is -2.37. The van der Waals surface area contributed by atoms with Gasteiger partial charge in [-0.05, 0) is 44.7 Å². The molecule has 0 N–H and O–H groups in total. The average Bonchev–Trinajstić information content (AvgIpc) is 2.31. The lowest BCUT2D eigenvalue weighted by Crippen LogP contribution is -2.45. The van der Waals surface area contributed by atoms with E-state index in [1.165, 1.54) is 6.42 Å². The molecule has 3 nitrogen and oxygen atoms in total. The molecule has 1 aromatic rings. The Kier molecular flexibility index (Phi) is 4.59. The molecule has 1 aromatic heterocycles. The molecule has 0 spiro atoms. The zero-order chi connectivity index (χ0) is 13.0. The summed E-state index contributed by atoms with van der Waals surface area (Å²) in [7, 11) is 0. The van der Waals surface area contributed by atoms with E-state index in [2.05, 4.69) is 4.98 Å². The van der Waals surface area contributed by atoms with Crippen LogP contribution in [-0.2, 0) is 0 Å². The highest BCUT2D eigenvalue weighted by molar-refractivity contribution is 6.17. The molecule has 18 heavy (non-hydrogen) atoms. The number of alkyl halides is 1. The number of rotatable bonds is 5. The highest BCUT2D eigenvalue weighted by atomic mass is 35.5. The van der Waals surface area contributed by atoms with Gasteiger partial charge in [0.25, 0.3) is 5.91 Å². The van der Waals surface area contributed by atoms with Crippen LogP contribution >= 0.6 is 11.6 Å². The van der Waals surface area contributed by atoms with Crippen LogP contribution in [0.1, 0.15) is 41.9 Å². The highest BCUT2D eigenvalue weighted by Crippen LogP contribution is 2.26. The zero-order valence-electron chi connectivity index (χ0n) is 10.7. The van der Waals surface area contributed by atoms with Crippen molar-refractivity contribution >= 4 is 17.5 Å². The Labute approximate surface area is 113 Å². The van der Waals surface area contributed by atoms with E-state index in [9.17, 15) is 4.79 Å². The second-order valence-electron chi connectivity index (χ2n) is 4.79. The summed E-state index contributed by atoms with van der Waals surface area (Å²) in [5.41, 5.74) is 1.43. The fourth-order valence-corrected chi connectivity index (χ4v) is 2.31. The standard InChI is InChI=1S/C14H19ClN2O/c1-11-5-2-8-13(16-11)14(18)17(10-4-9-15)12-6-3-7-12/h2,5,8,12H,3-4,6-7,9-10H2,1H3. The maximum atomic E-state index is 12.5. The number of nitrogens with zero attached hydrogens (tertiary/aromatic N) is 2. The van der Waals surface area contributed by atoms with Crippen LogP contribution in [0.4, 0.5) is 0 Å². The first-order valence-electron chi connectivity index (χ1n) is 6.53. The Bertz CT molecular complexity index is 418. The molecule has 1 aliphatic carbocycles. The summed E-state index contributed by atoms with van der Waals surface area (Å²) < 4.78 is 0. The molecule has 1 amide bonds. The highest BCUT2D eigenvalue weighted by Gasteiger charge is 2.29. The number of carbonyl (C=O) groups is 1. The van der Waals surface area contributed by atoms with Gasteiger partial charge < -0.3 is 4.90 Å². The third-order valence-corrected chi connectivity index (χ3v) is 3.68. The monoisotopic (exact) mass is 266 g/mol. The van der Waals surface area contributed by atoms with E-state index >= 15 is 0 Å². The third-order valence-electron chi connectivity index (χ3n) is 3.42. The van der Waals surface area contributed by atoms with Crippen LogP contribution in [0.2, 0.25) is 0 Å². The Morgan fingerprint density at radius 3 is 2.83 bits per heavy atom. The van der Waals surface area contributed by atoms with Crippen LogP contribution < -0.4 is 0 Å². The summed E-state index contributed by atoms with van der Waals surface area (Å²) in [6.45, 7) is 2.64. The Morgan fingerprint density at radius 2 is 2.28 bits per heavy atom. The smallest absolute Gasteiger partial charge is 0.272 e. The molecule has 1 aliphatic rings. The van der Waals surface area contributed by atoms with Crippen molar-refractivity contribution < 1.29 is 4.79 Å². The van der Waals surface area contributed by atoms with Crippen molar-refractivity contribution in [2.45, 2.75) is 38.6 Å². The van der Waals surface area contributed by atoms with E-state index < -0.39 is 0 Å². The molecule has 1 saturated carbocycles. The topological polar surface area (TPSA) is 33.2 Å². The van der Waals surface area contributed by atoms with Crippen LogP contribution in [0, 0.1) is 6.92 Å². The average molecular weight is 267 g/mol. The zero-order valence-corrected chi connectivity index (χ0v) is 11.5. The van der Waals surface area contributed by atoms with Gasteiger partial charge in [-0.25, -0.2) is 4.98 Å². The van der Waals surface area contributed by atoms with Gasteiger partial charge in [0.05, 0.1) is 0 Å². The quantitative estimate of drug-likeness (QED) is 0.768. The van der Waals surface area contributed by atoms with Crippen molar-refractivity contribution in [1.29, 1.82) is 0 Å². The summed E-state index contributed by atoms with van der Waals surface area (Å²) in [5, 5.41) is 0. The van der Waals surface area contributed by atoms with Crippen LogP contribution in [0.3, 0.4) is 0 Å². The first-order chi connectivity index (χ1) is 8.72. The van der Waals surface area contributed by atoms with Crippen molar-refractivity contribution in [2.75, 3.05) is 12.4 Å². The molecule has 0 unspecified atom stereocenters. The Morgan fingerprint density at radius 1 is 1.50 bits per heavy atom. The molecule has 4 heteroatoms. The summed E-state index contributed by atoms with van der Waals surface area (Å²) in [6, 6.07) is 5.98. The lowest BCUT2D eigenvalue weighted by molar-refractivity contribution is 0.0574. The van der Waals surface area contributed by atoms with E-state index in [-0.39, 0.29) is 5.91 Å². The first kappa shape index (κ1) is 13.3. The third kappa shape index (κ3) is 3.02. The first-order valence-corrected chi connectivity index (χ1v) is 7.06. The minimum Gasteiger partial charge on any atom is -0.334 e. The summed E-state index contributed by atoms with van der Waals surface area (Å²) in [5.74, 6) is 0.645.